The summed E-state index contributed by atoms with van der Waals surface area (Å²) in [5.41, 5.74) is 7.09. The fraction of sp³-hybridized carbons (Fsp3) is 0.250. The van der Waals surface area contributed by atoms with Crippen LogP contribution in [0.1, 0.15) is 28.0 Å². The van der Waals surface area contributed by atoms with E-state index >= 15 is 0 Å². The molecule has 3 aromatic heterocycles. The Morgan fingerprint density at radius 3 is 2.87 bits per heavy atom. The van der Waals surface area contributed by atoms with E-state index in [1.54, 1.807) is 19.3 Å². The second-order valence-corrected chi connectivity index (χ2v) is 7.94. The molecule has 0 atom stereocenters. The van der Waals surface area contributed by atoms with Crippen molar-refractivity contribution in [3.63, 3.8) is 0 Å². The molecule has 0 radical (unpaired) electrons. The van der Waals surface area contributed by atoms with Crippen molar-refractivity contribution >= 4 is 28.3 Å². The van der Waals surface area contributed by atoms with Crippen molar-refractivity contribution in [2.24, 2.45) is 7.05 Å². The van der Waals surface area contributed by atoms with Gasteiger partial charge in [-0.25, -0.2) is 4.98 Å². The highest BCUT2D eigenvalue weighted by atomic mass is 16.1. The number of benzene rings is 1. The first kappa shape index (κ1) is 19.2. The second-order valence-electron chi connectivity index (χ2n) is 7.94. The molecule has 31 heavy (non-hydrogen) atoms. The van der Waals surface area contributed by atoms with Crippen LogP contribution in [-0.4, -0.2) is 39.2 Å². The largest absolute Gasteiger partial charge is 0.354 e. The molecule has 4 heterocycles. The van der Waals surface area contributed by atoms with Gasteiger partial charge in [-0.2, -0.15) is 5.10 Å². The molecule has 5 rings (SSSR count). The van der Waals surface area contributed by atoms with Crippen molar-refractivity contribution in [3.05, 3.63) is 65.7 Å². The van der Waals surface area contributed by atoms with Gasteiger partial charge in [-0.3, -0.25) is 14.5 Å². The molecular weight excluding hydrogens is 388 g/mol. The van der Waals surface area contributed by atoms with Gasteiger partial charge in [-0.15, -0.1) is 0 Å². The summed E-state index contributed by atoms with van der Waals surface area (Å²) in [4.78, 5) is 23.9. The van der Waals surface area contributed by atoms with E-state index in [4.69, 9.17) is 4.98 Å². The number of hydrogen-bond acceptors (Lipinski definition) is 5. The number of aromatic nitrogens is 4. The number of carbonyl (C=O) groups is 1. The minimum absolute atomic E-state index is 0.202. The van der Waals surface area contributed by atoms with Crippen LogP contribution < -0.4 is 10.2 Å². The minimum atomic E-state index is -0.202. The molecule has 1 aliphatic rings. The van der Waals surface area contributed by atoms with Gasteiger partial charge in [0.1, 0.15) is 11.2 Å². The Morgan fingerprint density at radius 1 is 1.23 bits per heavy atom. The quantitative estimate of drug-likeness (QED) is 0.554. The molecule has 0 aliphatic carbocycles. The molecule has 7 nitrogen and oxygen atoms in total. The molecule has 1 aromatic carbocycles. The standard InChI is InChI=1S/C24H24N6O/c1-15-10-21-16(11-19(15)18-13-27-29(3)14-18)7-5-9-30(21)23-22-17(6-4-8-26-22)12-20(28-23)24(31)25-2/h4,6,8,10-14H,5,7,9H2,1-3H3,(H,25,31). The number of pyridine rings is 2. The maximum atomic E-state index is 12.4. The van der Waals surface area contributed by atoms with Crippen molar-refractivity contribution in [2.75, 3.05) is 18.5 Å². The van der Waals surface area contributed by atoms with Crippen molar-refractivity contribution in [1.82, 2.24) is 25.1 Å². The summed E-state index contributed by atoms with van der Waals surface area (Å²) >= 11 is 0. The van der Waals surface area contributed by atoms with Crippen LogP contribution in [0.2, 0.25) is 0 Å². The zero-order chi connectivity index (χ0) is 21.5. The first-order valence-corrected chi connectivity index (χ1v) is 10.4. The van der Waals surface area contributed by atoms with Crippen LogP contribution in [0.4, 0.5) is 11.5 Å². The third-order valence-corrected chi connectivity index (χ3v) is 5.84. The van der Waals surface area contributed by atoms with Gasteiger partial charge >= 0.3 is 0 Å². The Hall–Kier alpha value is -3.74. The third kappa shape index (κ3) is 3.32. The molecule has 1 aliphatic heterocycles. The summed E-state index contributed by atoms with van der Waals surface area (Å²) in [6.45, 7) is 2.95. The van der Waals surface area contributed by atoms with Crippen molar-refractivity contribution in [2.45, 2.75) is 19.8 Å². The molecule has 0 unspecified atom stereocenters. The van der Waals surface area contributed by atoms with E-state index in [2.05, 4.69) is 39.4 Å². The number of aryl methyl sites for hydroxylation is 3. The van der Waals surface area contributed by atoms with Gasteiger partial charge in [0.15, 0.2) is 5.82 Å². The SMILES string of the molecule is CNC(=O)c1cc2cccnc2c(N2CCCc3cc(-c4cnn(C)c4)c(C)cc32)n1. The smallest absolute Gasteiger partial charge is 0.269 e. The van der Waals surface area contributed by atoms with Crippen molar-refractivity contribution in [3.8, 4) is 11.1 Å². The maximum Gasteiger partial charge on any atom is 0.269 e. The van der Waals surface area contributed by atoms with Crippen LogP contribution in [0.5, 0.6) is 0 Å². The predicted octanol–water partition coefficient (Wildman–Crippen LogP) is 3.78. The van der Waals surface area contributed by atoms with Gasteiger partial charge in [0.05, 0.1) is 6.20 Å². The number of carbonyl (C=O) groups excluding carboxylic acids is 1. The maximum absolute atomic E-state index is 12.4. The third-order valence-electron chi connectivity index (χ3n) is 5.84. The van der Waals surface area contributed by atoms with Crippen LogP contribution in [0, 0.1) is 6.92 Å². The molecule has 0 saturated heterocycles. The fourth-order valence-corrected chi connectivity index (χ4v) is 4.33. The molecular formula is C24H24N6O. The summed E-state index contributed by atoms with van der Waals surface area (Å²) in [5, 5.41) is 7.92. The Kier molecular flexibility index (Phi) is 4.66. The highest BCUT2D eigenvalue weighted by Crippen LogP contribution is 2.39. The van der Waals surface area contributed by atoms with Gasteiger partial charge in [-0.05, 0) is 60.7 Å². The topological polar surface area (TPSA) is 75.9 Å². The van der Waals surface area contributed by atoms with Gasteiger partial charge in [0.2, 0.25) is 0 Å². The number of hydrogen-bond donors (Lipinski definition) is 1. The summed E-state index contributed by atoms with van der Waals surface area (Å²) in [6.07, 6.45) is 7.72. The lowest BCUT2D eigenvalue weighted by Crippen LogP contribution is -2.27. The lowest BCUT2D eigenvalue weighted by atomic mass is 9.93. The Balaban J connectivity index is 1.68. The van der Waals surface area contributed by atoms with E-state index in [9.17, 15) is 4.79 Å². The lowest BCUT2D eigenvalue weighted by Gasteiger charge is -2.32. The van der Waals surface area contributed by atoms with Crippen LogP contribution in [0.25, 0.3) is 22.0 Å². The average molecular weight is 412 g/mol. The number of nitrogens with zero attached hydrogens (tertiary/aromatic N) is 5. The zero-order valence-electron chi connectivity index (χ0n) is 17.9. The molecule has 0 saturated carbocycles. The highest BCUT2D eigenvalue weighted by molar-refractivity contribution is 6.00. The average Bonchev–Trinajstić information content (AvgIpc) is 3.23. The Morgan fingerprint density at radius 2 is 2.10 bits per heavy atom. The monoisotopic (exact) mass is 412 g/mol. The van der Waals surface area contributed by atoms with Gasteiger partial charge in [-0.1, -0.05) is 6.07 Å². The van der Waals surface area contributed by atoms with Crippen LogP contribution >= 0.6 is 0 Å². The summed E-state index contributed by atoms with van der Waals surface area (Å²) in [5.74, 6) is 0.526. The predicted molar refractivity (Wildman–Crippen MR) is 122 cm³/mol. The Bertz CT molecular complexity index is 1310. The van der Waals surface area contributed by atoms with E-state index in [1.165, 1.54) is 16.7 Å². The first-order chi connectivity index (χ1) is 15.0. The molecule has 4 aromatic rings. The van der Waals surface area contributed by atoms with Crippen LogP contribution in [-0.2, 0) is 13.5 Å². The van der Waals surface area contributed by atoms with E-state index in [-0.39, 0.29) is 5.91 Å². The number of fused-ring (bicyclic) bond motifs is 2. The van der Waals surface area contributed by atoms with E-state index in [0.29, 0.717) is 5.69 Å². The number of nitrogens with one attached hydrogen (secondary N) is 1. The molecule has 7 heteroatoms. The van der Waals surface area contributed by atoms with E-state index < -0.39 is 0 Å². The second kappa shape index (κ2) is 7.50. The number of anilines is 2. The van der Waals surface area contributed by atoms with E-state index in [0.717, 1.165) is 47.4 Å². The molecule has 0 spiro atoms. The zero-order valence-corrected chi connectivity index (χ0v) is 17.9. The van der Waals surface area contributed by atoms with Gasteiger partial charge in [0.25, 0.3) is 5.91 Å². The van der Waals surface area contributed by atoms with Gasteiger partial charge in [0, 0.05) is 49.7 Å². The number of amides is 1. The molecule has 1 N–H and O–H groups in total. The van der Waals surface area contributed by atoms with Crippen molar-refractivity contribution < 1.29 is 4.79 Å². The Labute approximate surface area is 180 Å². The van der Waals surface area contributed by atoms with Crippen LogP contribution in [0.15, 0.2) is 48.9 Å². The molecule has 1 amide bonds. The van der Waals surface area contributed by atoms with Gasteiger partial charge < -0.3 is 10.2 Å². The lowest BCUT2D eigenvalue weighted by molar-refractivity contribution is 0.0958. The first-order valence-electron chi connectivity index (χ1n) is 10.4. The number of rotatable bonds is 3. The molecule has 0 bridgehead atoms. The summed E-state index contributed by atoms with van der Waals surface area (Å²) in [7, 11) is 3.55. The summed E-state index contributed by atoms with van der Waals surface area (Å²) in [6, 6.07) is 10.1. The normalized spacial score (nSPS) is 13.3. The fourth-order valence-electron chi connectivity index (χ4n) is 4.33. The van der Waals surface area contributed by atoms with Crippen LogP contribution in [0.3, 0.4) is 0 Å². The molecule has 156 valence electrons. The van der Waals surface area contributed by atoms with E-state index in [1.807, 2.05) is 36.3 Å². The summed E-state index contributed by atoms with van der Waals surface area (Å²) < 4.78 is 1.83. The highest BCUT2D eigenvalue weighted by Gasteiger charge is 2.24. The van der Waals surface area contributed by atoms with Crippen molar-refractivity contribution in [1.29, 1.82) is 0 Å². The minimum Gasteiger partial charge on any atom is -0.354 e. The molecule has 0 fully saturated rings.